The normalized spacial score (nSPS) is 12.6. The monoisotopic (exact) mass is 764 g/mol. The number of benzene rings is 7. The lowest BCUT2D eigenvalue weighted by atomic mass is 9.81. The summed E-state index contributed by atoms with van der Waals surface area (Å²) in [6.45, 7) is 0. The zero-order valence-corrected chi connectivity index (χ0v) is 32.6. The fourth-order valence-corrected chi connectivity index (χ4v) is 9.41. The molecule has 4 nitrogen and oxygen atoms in total. The average Bonchev–Trinajstić information content (AvgIpc) is 3.49. The minimum Gasteiger partial charge on any atom is -0.294 e. The predicted octanol–water partition coefficient (Wildman–Crippen LogP) is 14.1. The zero-order chi connectivity index (χ0) is 39.6. The van der Waals surface area contributed by atoms with Crippen molar-refractivity contribution in [3.63, 3.8) is 0 Å². The van der Waals surface area contributed by atoms with Gasteiger partial charge in [-0.15, -0.1) is 0 Å². The van der Waals surface area contributed by atoms with Crippen molar-refractivity contribution in [1.29, 1.82) is 0 Å². The molecule has 1 aliphatic carbocycles. The Labute approximate surface area is 347 Å². The van der Waals surface area contributed by atoms with Crippen LogP contribution >= 0.6 is 0 Å². The third-order valence-electron chi connectivity index (χ3n) is 12.1. The molecule has 4 heterocycles. The lowest BCUT2D eigenvalue weighted by Crippen LogP contribution is -2.03. The molecule has 0 aliphatic heterocycles. The van der Waals surface area contributed by atoms with Crippen LogP contribution in [0.1, 0.15) is 16.8 Å². The zero-order valence-electron chi connectivity index (χ0n) is 32.6. The van der Waals surface area contributed by atoms with E-state index in [1.54, 1.807) is 0 Å². The van der Waals surface area contributed by atoms with Crippen molar-refractivity contribution in [2.45, 2.75) is 6.42 Å². The molecule has 0 bridgehead atoms. The number of fused-ring (bicyclic) bond motifs is 7. The van der Waals surface area contributed by atoms with Crippen LogP contribution in [0.2, 0.25) is 0 Å². The SMILES string of the molecule is C1=Cc2c(c(-c3ccc4ccccc4c3)c3ccccc3c2-c2ccc3ccccc3c2)CC(c2cccc(-c3cccc(-n4c5ccccc5c5cnccc54)n3)n2)=C1. The fourth-order valence-electron chi connectivity index (χ4n) is 9.41. The van der Waals surface area contributed by atoms with Gasteiger partial charge in [0.2, 0.25) is 0 Å². The quantitative estimate of drug-likeness (QED) is 0.175. The highest BCUT2D eigenvalue weighted by atomic mass is 15.1. The number of hydrogen-bond acceptors (Lipinski definition) is 3. The van der Waals surface area contributed by atoms with Crippen LogP contribution in [0.15, 0.2) is 200 Å². The van der Waals surface area contributed by atoms with Crippen molar-refractivity contribution >= 4 is 65.8 Å². The van der Waals surface area contributed by atoms with E-state index in [2.05, 4.69) is 204 Å². The van der Waals surface area contributed by atoms with Crippen LogP contribution in [0, 0.1) is 0 Å². The van der Waals surface area contributed by atoms with Crippen LogP contribution in [-0.2, 0) is 6.42 Å². The first kappa shape index (κ1) is 34.1. The molecular weight excluding hydrogens is 729 g/mol. The van der Waals surface area contributed by atoms with Crippen LogP contribution in [0.4, 0.5) is 0 Å². The second-order valence-electron chi connectivity index (χ2n) is 15.6. The van der Waals surface area contributed by atoms with Crippen molar-refractivity contribution in [3.05, 3.63) is 217 Å². The number of allylic oxidation sites excluding steroid dienone is 3. The first-order chi connectivity index (χ1) is 29.7. The smallest absolute Gasteiger partial charge is 0.138 e. The van der Waals surface area contributed by atoms with E-state index < -0.39 is 0 Å². The summed E-state index contributed by atoms with van der Waals surface area (Å²) in [7, 11) is 0. The van der Waals surface area contributed by atoms with Crippen LogP contribution in [0.5, 0.6) is 0 Å². The number of nitrogens with zero attached hydrogens (tertiary/aromatic N) is 4. The Morgan fingerprint density at radius 2 is 1.05 bits per heavy atom. The molecule has 12 rings (SSSR count). The van der Waals surface area contributed by atoms with Gasteiger partial charge >= 0.3 is 0 Å². The summed E-state index contributed by atoms with van der Waals surface area (Å²) in [6, 6.07) is 63.0. The number of pyridine rings is 3. The van der Waals surface area contributed by atoms with E-state index in [0.717, 1.165) is 50.3 Å². The van der Waals surface area contributed by atoms with Gasteiger partial charge < -0.3 is 0 Å². The molecular formula is C56H36N4. The Balaban J connectivity index is 1.02. The molecule has 7 aromatic carbocycles. The summed E-state index contributed by atoms with van der Waals surface area (Å²) in [6.07, 6.45) is 11.3. The summed E-state index contributed by atoms with van der Waals surface area (Å²) in [5.41, 5.74) is 13.4. The highest BCUT2D eigenvalue weighted by Crippen LogP contribution is 2.46. The van der Waals surface area contributed by atoms with Gasteiger partial charge in [-0.25, -0.2) is 9.97 Å². The van der Waals surface area contributed by atoms with Gasteiger partial charge in [0.05, 0.1) is 28.1 Å². The van der Waals surface area contributed by atoms with Crippen molar-refractivity contribution in [2.24, 2.45) is 0 Å². The molecule has 0 radical (unpaired) electrons. The molecule has 0 amide bonds. The van der Waals surface area contributed by atoms with Crippen LogP contribution in [0.3, 0.4) is 0 Å². The van der Waals surface area contributed by atoms with Crippen molar-refractivity contribution in [2.75, 3.05) is 0 Å². The Morgan fingerprint density at radius 1 is 0.450 bits per heavy atom. The lowest BCUT2D eigenvalue weighted by molar-refractivity contribution is 1.07. The van der Waals surface area contributed by atoms with E-state index in [1.807, 2.05) is 12.4 Å². The highest BCUT2D eigenvalue weighted by molar-refractivity contribution is 6.12. The van der Waals surface area contributed by atoms with Crippen LogP contribution < -0.4 is 0 Å². The lowest BCUT2D eigenvalue weighted by Gasteiger charge is -2.22. The molecule has 1 aliphatic rings. The molecule has 0 spiro atoms. The van der Waals surface area contributed by atoms with E-state index in [9.17, 15) is 0 Å². The molecule has 4 aromatic heterocycles. The summed E-state index contributed by atoms with van der Waals surface area (Å²) in [5, 5.41) is 9.68. The molecule has 0 saturated heterocycles. The standard InChI is InChI=1S/C56H36N4/c1-3-14-38-32-41(28-26-36(38)12-1)55-44-18-5-6-19-45(44)56(42-29-27-37-13-2-4-15-39(37)33-42)47-34-40(16-9-20-46(47)55)49-21-10-22-50(58-49)51-23-11-25-54(59-51)60-52-24-8-7-17-43(52)48-35-57-31-30-53(48)60/h1-33,35H,34H2. The van der Waals surface area contributed by atoms with E-state index in [0.29, 0.717) is 6.42 Å². The summed E-state index contributed by atoms with van der Waals surface area (Å²) >= 11 is 0. The van der Waals surface area contributed by atoms with Crippen LogP contribution in [-0.4, -0.2) is 19.5 Å². The first-order valence-electron chi connectivity index (χ1n) is 20.5. The minimum absolute atomic E-state index is 0.704. The summed E-state index contributed by atoms with van der Waals surface area (Å²) in [5.74, 6) is 0.843. The Kier molecular flexibility index (Phi) is 7.88. The van der Waals surface area contributed by atoms with E-state index in [1.165, 1.54) is 65.7 Å². The Morgan fingerprint density at radius 3 is 1.82 bits per heavy atom. The predicted molar refractivity (Wildman–Crippen MR) is 250 cm³/mol. The van der Waals surface area contributed by atoms with Crippen molar-refractivity contribution < 1.29 is 0 Å². The molecule has 0 atom stereocenters. The Bertz CT molecular complexity index is 3540. The van der Waals surface area contributed by atoms with Gasteiger partial charge in [-0.2, -0.15) is 0 Å². The molecule has 0 unspecified atom stereocenters. The van der Waals surface area contributed by atoms with E-state index >= 15 is 0 Å². The molecule has 4 heteroatoms. The average molecular weight is 765 g/mol. The molecule has 11 aromatic rings. The summed E-state index contributed by atoms with van der Waals surface area (Å²) < 4.78 is 2.22. The number of aromatic nitrogens is 4. The van der Waals surface area contributed by atoms with Gasteiger partial charge in [0.1, 0.15) is 5.82 Å². The van der Waals surface area contributed by atoms with Crippen molar-refractivity contribution in [3.8, 4) is 39.5 Å². The third kappa shape index (κ3) is 5.57. The number of para-hydroxylation sites is 1. The van der Waals surface area contributed by atoms with Crippen molar-refractivity contribution in [1.82, 2.24) is 19.5 Å². The molecule has 0 N–H and O–H groups in total. The number of rotatable bonds is 5. The topological polar surface area (TPSA) is 43.6 Å². The highest BCUT2D eigenvalue weighted by Gasteiger charge is 2.24. The van der Waals surface area contributed by atoms with Gasteiger partial charge in [-0.1, -0.05) is 146 Å². The third-order valence-corrected chi connectivity index (χ3v) is 12.1. The minimum atomic E-state index is 0.704. The van der Waals surface area contributed by atoms with Crippen LogP contribution in [0.25, 0.3) is 105 Å². The van der Waals surface area contributed by atoms with Gasteiger partial charge in [0, 0.05) is 29.6 Å². The fraction of sp³-hybridized carbons (Fsp3) is 0.0179. The molecule has 0 fully saturated rings. The second kappa shape index (κ2) is 13.9. The maximum Gasteiger partial charge on any atom is 0.138 e. The van der Waals surface area contributed by atoms with Gasteiger partial charge in [0.15, 0.2) is 0 Å². The van der Waals surface area contributed by atoms with Gasteiger partial charge in [-0.05, 0) is 120 Å². The van der Waals surface area contributed by atoms with Gasteiger partial charge in [0.25, 0.3) is 0 Å². The maximum absolute atomic E-state index is 5.36. The van der Waals surface area contributed by atoms with Gasteiger partial charge in [-0.3, -0.25) is 9.55 Å². The Hall–Kier alpha value is -7.95. The largest absolute Gasteiger partial charge is 0.294 e. The molecule has 280 valence electrons. The number of hydrogen-bond donors (Lipinski definition) is 0. The van der Waals surface area contributed by atoms with E-state index in [-0.39, 0.29) is 0 Å². The molecule has 0 saturated carbocycles. The maximum atomic E-state index is 5.36. The second-order valence-corrected chi connectivity index (χ2v) is 15.6. The summed E-state index contributed by atoms with van der Waals surface area (Å²) in [4.78, 5) is 15.1. The first-order valence-corrected chi connectivity index (χ1v) is 20.5. The van der Waals surface area contributed by atoms with E-state index in [4.69, 9.17) is 9.97 Å². The molecule has 60 heavy (non-hydrogen) atoms.